The third kappa shape index (κ3) is 3.86. The lowest BCUT2D eigenvalue weighted by atomic mass is 10.1. The second kappa shape index (κ2) is 6.99. The van der Waals surface area contributed by atoms with Crippen LogP contribution >= 0.6 is 0 Å². The van der Waals surface area contributed by atoms with Gasteiger partial charge in [0.05, 0.1) is 18.0 Å². The summed E-state index contributed by atoms with van der Waals surface area (Å²) in [7, 11) is 3.61. The average molecular weight is 265 g/mol. The minimum Gasteiger partial charge on any atom is -0.397 e. The number of rotatable bonds is 6. The molecule has 0 bridgehead atoms. The molecule has 0 aromatic heterocycles. The van der Waals surface area contributed by atoms with Gasteiger partial charge in [0.2, 0.25) is 0 Å². The maximum Gasteiger partial charge on any atom is 0.251 e. The molecule has 1 unspecified atom stereocenters. The highest BCUT2D eigenvalue weighted by Crippen LogP contribution is 2.25. The van der Waals surface area contributed by atoms with Crippen LogP contribution in [-0.2, 0) is 4.74 Å². The standard InChI is InChI=1S/C14H23N3O2/c1-5-16-14(18)11-6-7-12(15)13(8-11)17(3)10(2)9-19-4/h6-8,10H,5,9,15H2,1-4H3,(H,16,18). The zero-order chi connectivity index (χ0) is 14.4. The SMILES string of the molecule is CCNC(=O)c1ccc(N)c(N(C)C(C)COC)c1. The Bertz CT molecular complexity index is 435. The molecule has 3 N–H and O–H groups in total. The molecule has 5 nitrogen and oxygen atoms in total. The van der Waals surface area contributed by atoms with Crippen LogP contribution in [0.4, 0.5) is 11.4 Å². The van der Waals surface area contributed by atoms with E-state index >= 15 is 0 Å². The van der Waals surface area contributed by atoms with E-state index in [1.807, 2.05) is 31.9 Å². The molecule has 1 aromatic carbocycles. The fourth-order valence-corrected chi connectivity index (χ4v) is 1.84. The van der Waals surface area contributed by atoms with Crippen LogP contribution in [0.15, 0.2) is 18.2 Å². The number of ether oxygens (including phenoxy) is 1. The van der Waals surface area contributed by atoms with Crippen molar-refractivity contribution in [2.24, 2.45) is 0 Å². The first-order valence-electron chi connectivity index (χ1n) is 6.40. The van der Waals surface area contributed by atoms with Crippen LogP contribution in [0.25, 0.3) is 0 Å². The number of carbonyl (C=O) groups excluding carboxylic acids is 1. The highest BCUT2D eigenvalue weighted by molar-refractivity contribution is 5.96. The van der Waals surface area contributed by atoms with Crippen molar-refractivity contribution in [3.8, 4) is 0 Å². The Kier molecular flexibility index (Phi) is 5.63. The highest BCUT2D eigenvalue weighted by atomic mass is 16.5. The number of nitrogens with one attached hydrogen (secondary N) is 1. The van der Waals surface area contributed by atoms with Crippen molar-refractivity contribution in [3.63, 3.8) is 0 Å². The van der Waals surface area contributed by atoms with E-state index in [0.717, 1.165) is 5.69 Å². The van der Waals surface area contributed by atoms with E-state index in [-0.39, 0.29) is 11.9 Å². The predicted octanol–water partition coefficient (Wildman–Crippen LogP) is 1.49. The summed E-state index contributed by atoms with van der Waals surface area (Å²) >= 11 is 0. The number of anilines is 2. The number of carbonyl (C=O) groups is 1. The fraction of sp³-hybridized carbons (Fsp3) is 0.500. The number of nitrogen functional groups attached to an aromatic ring is 1. The highest BCUT2D eigenvalue weighted by Gasteiger charge is 2.15. The van der Waals surface area contributed by atoms with Crippen LogP contribution in [0.2, 0.25) is 0 Å². The number of nitrogens with zero attached hydrogens (tertiary/aromatic N) is 1. The largest absolute Gasteiger partial charge is 0.397 e. The summed E-state index contributed by atoms with van der Waals surface area (Å²) in [6, 6.07) is 5.48. The lowest BCUT2D eigenvalue weighted by Crippen LogP contribution is -2.33. The molecule has 1 aromatic rings. The molecule has 0 fully saturated rings. The molecule has 1 rings (SSSR count). The third-order valence-corrected chi connectivity index (χ3v) is 3.08. The van der Waals surface area contributed by atoms with Crippen LogP contribution in [0, 0.1) is 0 Å². The topological polar surface area (TPSA) is 67.6 Å². The van der Waals surface area contributed by atoms with E-state index in [0.29, 0.717) is 24.4 Å². The van der Waals surface area contributed by atoms with E-state index in [1.165, 1.54) is 0 Å². The minimum absolute atomic E-state index is 0.0865. The van der Waals surface area contributed by atoms with E-state index in [1.54, 1.807) is 19.2 Å². The Morgan fingerprint density at radius 2 is 2.21 bits per heavy atom. The molecule has 0 aliphatic heterocycles. The lowest BCUT2D eigenvalue weighted by Gasteiger charge is -2.28. The molecule has 5 heteroatoms. The number of hydrogen-bond acceptors (Lipinski definition) is 4. The summed E-state index contributed by atoms with van der Waals surface area (Å²) in [6.07, 6.45) is 0. The quantitative estimate of drug-likeness (QED) is 0.765. The van der Waals surface area contributed by atoms with E-state index < -0.39 is 0 Å². The molecule has 106 valence electrons. The Balaban J connectivity index is 2.99. The first-order valence-corrected chi connectivity index (χ1v) is 6.40. The zero-order valence-corrected chi connectivity index (χ0v) is 12.1. The number of likely N-dealkylation sites (N-methyl/N-ethyl adjacent to an activating group) is 1. The molecular weight excluding hydrogens is 242 g/mol. The molecule has 1 atom stereocenters. The van der Waals surface area contributed by atoms with E-state index in [4.69, 9.17) is 10.5 Å². The maximum atomic E-state index is 11.8. The fourth-order valence-electron chi connectivity index (χ4n) is 1.84. The Labute approximate surface area is 114 Å². The monoisotopic (exact) mass is 265 g/mol. The first kappa shape index (κ1) is 15.3. The Morgan fingerprint density at radius 1 is 1.53 bits per heavy atom. The van der Waals surface area contributed by atoms with E-state index in [9.17, 15) is 4.79 Å². The molecule has 19 heavy (non-hydrogen) atoms. The number of methoxy groups -OCH3 is 1. The molecule has 0 aliphatic rings. The van der Waals surface area contributed by atoms with Crippen LogP contribution in [-0.4, -0.2) is 39.3 Å². The maximum absolute atomic E-state index is 11.8. The Hall–Kier alpha value is -1.75. The average Bonchev–Trinajstić information content (AvgIpc) is 2.39. The molecule has 0 saturated heterocycles. The molecule has 0 radical (unpaired) electrons. The van der Waals surface area contributed by atoms with Gasteiger partial charge in [-0.3, -0.25) is 4.79 Å². The lowest BCUT2D eigenvalue weighted by molar-refractivity contribution is 0.0956. The van der Waals surface area contributed by atoms with Gasteiger partial charge in [0.15, 0.2) is 0 Å². The van der Waals surface area contributed by atoms with Gasteiger partial charge < -0.3 is 20.7 Å². The van der Waals surface area contributed by atoms with Gasteiger partial charge in [-0.25, -0.2) is 0 Å². The molecule has 1 amide bonds. The normalized spacial score (nSPS) is 12.0. The Morgan fingerprint density at radius 3 is 2.79 bits per heavy atom. The van der Waals surface area contributed by atoms with Crippen molar-refractivity contribution in [1.82, 2.24) is 5.32 Å². The molecule has 0 saturated carbocycles. The van der Waals surface area contributed by atoms with Crippen LogP contribution in [0.5, 0.6) is 0 Å². The van der Waals surface area contributed by atoms with Crippen molar-refractivity contribution in [2.75, 3.05) is 37.9 Å². The third-order valence-electron chi connectivity index (χ3n) is 3.08. The second-order valence-electron chi connectivity index (χ2n) is 4.55. The van der Waals surface area contributed by atoms with Crippen LogP contribution < -0.4 is 16.0 Å². The number of benzene rings is 1. The summed E-state index contributed by atoms with van der Waals surface area (Å²) in [5.74, 6) is -0.0865. The van der Waals surface area contributed by atoms with Gasteiger partial charge in [0.25, 0.3) is 5.91 Å². The number of nitrogens with two attached hydrogens (primary N) is 1. The molecular formula is C14H23N3O2. The molecule has 0 heterocycles. The minimum atomic E-state index is -0.0865. The van der Waals surface area contributed by atoms with Gasteiger partial charge in [0.1, 0.15) is 0 Å². The number of amides is 1. The van der Waals surface area contributed by atoms with Crippen molar-refractivity contribution in [1.29, 1.82) is 0 Å². The van der Waals surface area contributed by atoms with Gasteiger partial charge in [-0.2, -0.15) is 0 Å². The van der Waals surface area contributed by atoms with Gasteiger partial charge in [0, 0.05) is 32.3 Å². The van der Waals surface area contributed by atoms with Crippen molar-refractivity contribution < 1.29 is 9.53 Å². The van der Waals surface area contributed by atoms with Crippen LogP contribution in [0.1, 0.15) is 24.2 Å². The molecule has 0 aliphatic carbocycles. The summed E-state index contributed by atoms with van der Waals surface area (Å²) in [5.41, 5.74) is 8.09. The van der Waals surface area contributed by atoms with Gasteiger partial charge >= 0.3 is 0 Å². The second-order valence-corrected chi connectivity index (χ2v) is 4.55. The first-order chi connectivity index (χ1) is 9.01. The summed E-state index contributed by atoms with van der Waals surface area (Å²) < 4.78 is 5.14. The smallest absolute Gasteiger partial charge is 0.251 e. The van der Waals surface area contributed by atoms with Gasteiger partial charge in [-0.1, -0.05) is 0 Å². The van der Waals surface area contributed by atoms with Crippen molar-refractivity contribution in [3.05, 3.63) is 23.8 Å². The van der Waals surface area contributed by atoms with Crippen molar-refractivity contribution >= 4 is 17.3 Å². The zero-order valence-electron chi connectivity index (χ0n) is 12.1. The summed E-state index contributed by atoms with van der Waals surface area (Å²) in [4.78, 5) is 13.8. The van der Waals surface area contributed by atoms with Gasteiger partial charge in [-0.05, 0) is 32.0 Å². The summed E-state index contributed by atoms with van der Waals surface area (Å²) in [6.45, 7) is 5.14. The summed E-state index contributed by atoms with van der Waals surface area (Å²) in [5, 5.41) is 2.78. The molecule has 0 spiro atoms. The van der Waals surface area contributed by atoms with Gasteiger partial charge in [-0.15, -0.1) is 0 Å². The van der Waals surface area contributed by atoms with Crippen LogP contribution in [0.3, 0.4) is 0 Å². The van der Waals surface area contributed by atoms with E-state index in [2.05, 4.69) is 5.32 Å². The number of hydrogen-bond donors (Lipinski definition) is 2. The predicted molar refractivity (Wildman–Crippen MR) is 78.6 cm³/mol. The van der Waals surface area contributed by atoms with Crippen molar-refractivity contribution in [2.45, 2.75) is 19.9 Å².